The van der Waals surface area contributed by atoms with Gasteiger partial charge in [-0.15, -0.1) is 0 Å². The molecule has 1 heterocycles. The predicted molar refractivity (Wildman–Crippen MR) is 123 cm³/mol. The van der Waals surface area contributed by atoms with Crippen molar-refractivity contribution in [2.45, 2.75) is 33.4 Å². The molecule has 0 saturated carbocycles. The fourth-order valence-corrected chi connectivity index (χ4v) is 3.75. The molecule has 0 atom stereocenters. The molecular weight excluding hydrogens is 388 g/mol. The van der Waals surface area contributed by atoms with Gasteiger partial charge in [-0.3, -0.25) is 0 Å². The summed E-state index contributed by atoms with van der Waals surface area (Å²) >= 11 is 0. The topological polar surface area (TPSA) is 45.5 Å². The quantitative estimate of drug-likeness (QED) is 0.328. The Morgan fingerprint density at radius 2 is 1.58 bits per heavy atom. The lowest BCUT2D eigenvalue weighted by atomic mass is 10.1. The summed E-state index contributed by atoms with van der Waals surface area (Å²) < 4.78 is 19.5. The first-order valence-corrected chi connectivity index (χ1v) is 10.5. The third kappa shape index (κ3) is 5.18. The molecule has 5 heteroatoms. The Balaban J connectivity index is 1.44. The van der Waals surface area contributed by atoms with Crippen molar-refractivity contribution in [2.75, 3.05) is 13.7 Å². The molecule has 0 spiro atoms. The molecule has 0 unspecified atom stereocenters. The normalized spacial score (nSPS) is 10.9. The Kier molecular flexibility index (Phi) is 6.41. The molecule has 0 aliphatic heterocycles. The van der Waals surface area contributed by atoms with E-state index in [9.17, 15) is 0 Å². The monoisotopic (exact) mass is 416 g/mol. The van der Waals surface area contributed by atoms with Gasteiger partial charge in [-0.25, -0.2) is 4.98 Å². The Bertz CT molecular complexity index is 1150. The van der Waals surface area contributed by atoms with Gasteiger partial charge < -0.3 is 18.8 Å². The molecule has 0 amide bonds. The lowest BCUT2D eigenvalue weighted by Gasteiger charge is -2.12. The van der Waals surface area contributed by atoms with E-state index in [1.54, 1.807) is 7.11 Å². The molecule has 3 aromatic carbocycles. The predicted octanol–water partition coefficient (Wildman–Crippen LogP) is 5.71. The van der Waals surface area contributed by atoms with Crippen LogP contribution in [0.5, 0.6) is 17.2 Å². The number of fused-ring (bicyclic) bond motifs is 1. The Labute approximate surface area is 183 Å². The average Bonchev–Trinajstić information content (AvgIpc) is 3.12. The highest BCUT2D eigenvalue weighted by atomic mass is 16.5. The van der Waals surface area contributed by atoms with Gasteiger partial charge in [0, 0.05) is 12.6 Å². The summed E-state index contributed by atoms with van der Waals surface area (Å²) in [4.78, 5) is 4.80. The van der Waals surface area contributed by atoms with Crippen LogP contribution in [0.15, 0.2) is 66.7 Å². The second-order valence-electron chi connectivity index (χ2n) is 7.66. The van der Waals surface area contributed by atoms with Gasteiger partial charge in [0.1, 0.15) is 29.7 Å². The Hall–Kier alpha value is -3.47. The van der Waals surface area contributed by atoms with Crippen LogP contribution in [-0.4, -0.2) is 23.3 Å². The molecule has 4 aromatic rings. The Morgan fingerprint density at radius 3 is 2.39 bits per heavy atom. The highest BCUT2D eigenvalue weighted by molar-refractivity contribution is 5.75. The molecule has 0 aliphatic carbocycles. The van der Waals surface area contributed by atoms with Crippen molar-refractivity contribution in [3.63, 3.8) is 0 Å². The van der Waals surface area contributed by atoms with Crippen LogP contribution >= 0.6 is 0 Å². The average molecular weight is 417 g/mol. The van der Waals surface area contributed by atoms with Crippen molar-refractivity contribution < 1.29 is 14.2 Å². The van der Waals surface area contributed by atoms with Gasteiger partial charge in [-0.1, -0.05) is 24.3 Å². The number of rotatable bonds is 9. The van der Waals surface area contributed by atoms with Gasteiger partial charge in [0.25, 0.3) is 0 Å². The summed E-state index contributed by atoms with van der Waals surface area (Å²) in [6.45, 7) is 6.02. The van der Waals surface area contributed by atoms with Gasteiger partial charge in [0.15, 0.2) is 0 Å². The van der Waals surface area contributed by atoms with Crippen molar-refractivity contribution >= 4 is 11.0 Å². The Morgan fingerprint density at radius 1 is 0.806 bits per heavy atom. The van der Waals surface area contributed by atoms with E-state index in [-0.39, 0.29) is 0 Å². The van der Waals surface area contributed by atoms with Crippen LogP contribution in [0.1, 0.15) is 23.4 Å². The number of hydrogen-bond donors (Lipinski definition) is 0. The molecule has 160 valence electrons. The van der Waals surface area contributed by atoms with E-state index in [2.05, 4.69) is 42.7 Å². The third-order valence-electron chi connectivity index (χ3n) is 5.13. The molecule has 1 aromatic heterocycles. The molecule has 0 fully saturated rings. The summed E-state index contributed by atoms with van der Waals surface area (Å²) in [5.74, 6) is 3.36. The van der Waals surface area contributed by atoms with Crippen LogP contribution in [0.25, 0.3) is 11.0 Å². The van der Waals surface area contributed by atoms with Gasteiger partial charge in [-0.05, 0) is 67.8 Å². The van der Waals surface area contributed by atoms with E-state index >= 15 is 0 Å². The number of methoxy groups -OCH3 is 1. The number of aryl methyl sites for hydroxylation is 3. The van der Waals surface area contributed by atoms with Gasteiger partial charge in [-0.2, -0.15) is 0 Å². The summed E-state index contributed by atoms with van der Waals surface area (Å²) in [7, 11) is 1.65. The number of ether oxygens (including phenoxy) is 3. The first kappa shape index (κ1) is 20.8. The standard InChI is InChI=1S/C26H28N2O3/c1-19-14-20(2)16-23(15-19)30-13-7-12-28-25-11-5-4-10-24(25)27-26(28)18-31-22-9-6-8-21(17-22)29-3/h4-6,8-11,14-17H,7,12-13,18H2,1-3H3. The van der Waals surface area contributed by atoms with Crippen molar-refractivity contribution in [2.24, 2.45) is 0 Å². The highest BCUT2D eigenvalue weighted by Gasteiger charge is 2.11. The fraction of sp³-hybridized carbons (Fsp3) is 0.269. The summed E-state index contributed by atoms with van der Waals surface area (Å²) in [6, 6.07) is 22.1. The lowest BCUT2D eigenvalue weighted by molar-refractivity contribution is 0.279. The van der Waals surface area contributed by atoms with Crippen molar-refractivity contribution in [1.29, 1.82) is 0 Å². The van der Waals surface area contributed by atoms with Crippen LogP contribution in [0.4, 0.5) is 0 Å². The second kappa shape index (κ2) is 9.56. The first-order chi connectivity index (χ1) is 15.1. The zero-order valence-corrected chi connectivity index (χ0v) is 18.3. The molecule has 5 nitrogen and oxygen atoms in total. The largest absolute Gasteiger partial charge is 0.497 e. The van der Waals surface area contributed by atoms with Gasteiger partial charge in [0.05, 0.1) is 24.8 Å². The second-order valence-corrected chi connectivity index (χ2v) is 7.66. The van der Waals surface area contributed by atoms with Crippen LogP contribution < -0.4 is 14.2 Å². The summed E-state index contributed by atoms with van der Waals surface area (Å²) in [5.41, 5.74) is 4.51. The van der Waals surface area contributed by atoms with E-state index in [0.717, 1.165) is 47.1 Å². The fourth-order valence-electron chi connectivity index (χ4n) is 3.75. The zero-order valence-electron chi connectivity index (χ0n) is 18.3. The van der Waals surface area contributed by atoms with Gasteiger partial charge >= 0.3 is 0 Å². The maximum absolute atomic E-state index is 6.01. The molecule has 0 aliphatic rings. The van der Waals surface area contributed by atoms with Crippen LogP contribution in [-0.2, 0) is 13.2 Å². The van der Waals surface area contributed by atoms with Crippen LogP contribution in [0.2, 0.25) is 0 Å². The van der Waals surface area contributed by atoms with Gasteiger partial charge in [0.2, 0.25) is 0 Å². The minimum absolute atomic E-state index is 0.389. The minimum Gasteiger partial charge on any atom is -0.497 e. The third-order valence-corrected chi connectivity index (χ3v) is 5.13. The zero-order chi connectivity index (χ0) is 21.6. The SMILES string of the molecule is COc1cccc(OCc2nc3ccccc3n2CCCOc2cc(C)cc(C)c2)c1. The number of nitrogens with zero attached hydrogens (tertiary/aromatic N) is 2. The number of hydrogen-bond acceptors (Lipinski definition) is 4. The summed E-state index contributed by atoms with van der Waals surface area (Å²) in [6.07, 6.45) is 0.875. The highest BCUT2D eigenvalue weighted by Crippen LogP contribution is 2.22. The molecule has 4 rings (SSSR count). The maximum atomic E-state index is 6.01. The number of benzene rings is 3. The van der Waals surface area contributed by atoms with Crippen molar-refractivity contribution in [3.8, 4) is 17.2 Å². The minimum atomic E-state index is 0.389. The molecule has 0 radical (unpaired) electrons. The van der Waals surface area contributed by atoms with E-state index in [1.807, 2.05) is 42.5 Å². The van der Waals surface area contributed by atoms with E-state index in [4.69, 9.17) is 19.2 Å². The van der Waals surface area contributed by atoms with Crippen LogP contribution in [0, 0.1) is 13.8 Å². The maximum Gasteiger partial charge on any atom is 0.147 e. The summed E-state index contributed by atoms with van der Waals surface area (Å²) in [5, 5.41) is 0. The molecule has 0 saturated heterocycles. The molecule has 0 N–H and O–H groups in total. The first-order valence-electron chi connectivity index (χ1n) is 10.5. The molecular formula is C26H28N2O3. The van der Waals surface area contributed by atoms with Crippen molar-refractivity contribution in [1.82, 2.24) is 9.55 Å². The van der Waals surface area contributed by atoms with E-state index in [1.165, 1.54) is 11.1 Å². The van der Waals surface area contributed by atoms with Crippen LogP contribution in [0.3, 0.4) is 0 Å². The lowest BCUT2D eigenvalue weighted by Crippen LogP contribution is -2.10. The number of imidazole rings is 1. The van der Waals surface area contributed by atoms with E-state index < -0.39 is 0 Å². The molecule has 31 heavy (non-hydrogen) atoms. The molecule has 0 bridgehead atoms. The smallest absolute Gasteiger partial charge is 0.147 e. The number of para-hydroxylation sites is 2. The van der Waals surface area contributed by atoms with E-state index in [0.29, 0.717) is 13.2 Å². The van der Waals surface area contributed by atoms with Crippen molar-refractivity contribution in [3.05, 3.63) is 83.7 Å². The number of aromatic nitrogens is 2.